The summed E-state index contributed by atoms with van der Waals surface area (Å²) in [7, 11) is 8.53. The molecule has 13 nitrogen and oxygen atoms in total. The van der Waals surface area contributed by atoms with Crippen LogP contribution in [-0.4, -0.2) is 140 Å². The van der Waals surface area contributed by atoms with E-state index in [1.54, 1.807) is 44.1 Å². The van der Waals surface area contributed by atoms with E-state index in [4.69, 9.17) is 9.47 Å². The van der Waals surface area contributed by atoms with Crippen LogP contribution in [0.4, 0.5) is 0 Å². The van der Waals surface area contributed by atoms with Crippen LogP contribution >= 0.6 is 0 Å². The number of nitriles is 1. The number of benzene rings is 1. The molecule has 0 radical (unpaired) electrons. The van der Waals surface area contributed by atoms with E-state index in [1.165, 1.54) is 4.90 Å². The monoisotopic (exact) mass is 797 g/mol. The Kier molecular flexibility index (Phi) is 20.3. The Labute approximate surface area is 342 Å². The van der Waals surface area contributed by atoms with Crippen LogP contribution in [-0.2, 0) is 35.1 Å². The topological polar surface area (TPSA) is 153 Å². The van der Waals surface area contributed by atoms with Gasteiger partial charge in [0.25, 0.3) is 0 Å². The molecule has 1 heterocycles. The van der Waals surface area contributed by atoms with E-state index in [1.807, 2.05) is 85.7 Å². The number of amides is 4. The summed E-state index contributed by atoms with van der Waals surface area (Å²) in [5.41, 5.74) is 1.53. The molecule has 0 aromatic heterocycles. The van der Waals surface area contributed by atoms with Gasteiger partial charge in [-0.25, -0.2) is 0 Å². The standard InChI is InChI=1S/C44H72N6O7/c1-14-30(7)40(48(11)44(55)38(28(3)4)46-42(53)39(29(5)6)47(9)10)36(56-12)27-37(52)50-23-17-20-34(50)41(57-13)31(8)43(54)49(25-22-45)24-21-32-18-16-19-33(26-32)35(51)15-2/h16,18-19,26,28-31,34,36,38-41H,14-15,17,20-21,23-25,27H2,1-13H3,(H,46,53)/t30-,31+,34-,36+,38-,39-,40-,41+/m0/s1. The van der Waals surface area contributed by atoms with E-state index in [-0.39, 0.29) is 72.7 Å². The van der Waals surface area contributed by atoms with Crippen LogP contribution in [0.2, 0.25) is 0 Å². The van der Waals surface area contributed by atoms with Crippen molar-refractivity contribution in [2.45, 2.75) is 130 Å². The second-order valence-corrected chi connectivity index (χ2v) is 16.6. The predicted molar refractivity (Wildman–Crippen MR) is 222 cm³/mol. The Hall–Kier alpha value is -3.86. The summed E-state index contributed by atoms with van der Waals surface area (Å²) in [5, 5.41) is 12.7. The third kappa shape index (κ3) is 13.1. The molecule has 8 atom stereocenters. The van der Waals surface area contributed by atoms with Crippen molar-refractivity contribution in [2.24, 2.45) is 23.7 Å². The molecule has 0 unspecified atom stereocenters. The summed E-state index contributed by atoms with van der Waals surface area (Å²) in [6, 6.07) is 7.45. The smallest absolute Gasteiger partial charge is 0.245 e. The second kappa shape index (κ2) is 23.5. The highest BCUT2D eigenvalue weighted by molar-refractivity contribution is 5.96. The number of nitrogens with zero attached hydrogens (tertiary/aromatic N) is 5. The largest absolute Gasteiger partial charge is 0.379 e. The molecule has 2 rings (SSSR count). The molecule has 1 aliphatic heterocycles. The minimum absolute atomic E-state index is 0.00724. The van der Waals surface area contributed by atoms with E-state index in [0.717, 1.165) is 18.4 Å². The van der Waals surface area contributed by atoms with Crippen molar-refractivity contribution in [1.82, 2.24) is 24.9 Å². The number of likely N-dealkylation sites (tertiary alicyclic amines) is 1. The van der Waals surface area contributed by atoms with Crippen LogP contribution in [0, 0.1) is 35.0 Å². The Morgan fingerprint density at radius 3 is 2.16 bits per heavy atom. The van der Waals surface area contributed by atoms with Gasteiger partial charge in [0.05, 0.1) is 48.7 Å². The number of likely N-dealkylation sites (N-methyl/N-ethyl adjacent to an activating group) is 2. The third-order valence-electron chi connectivity index (χ3n) is 11.7. The fourth-order valence-electron chi connectivity index (χ4n) is 8.41. The Balaban J connectivity index is 2.29. The molecule has 1 N–H and O–H groups in total. The van der Waals surface area contributed by atoms with E-state index in [2.05, 4.69) is 11.4 Å². The zero-order valence-electron chi connectivity index (χ0n) is 37.0. The average molecular weight is 797 g/mol. The number of methoxy groups -OCH3 is 2. The zero-order chi connectivity index (χ0) is 43.1. The van der Waals surface area contributed by atoms with Gasteiger partial charge in [-0.1, -0.05) is 80.0 Å². The third-order valence-corrected chi connectivity index (χ3v) is 11.7. The highest BCUT2D eigenvalue weighted by atomic mass is 16.5. The molecule has 0 aliphatic carbocycles. The maximum Gasteiger partial charge on any atom is 0.245 e. The van der Waals surface area contributed by atoms with Crippen molar-refractivity contribution in [3.63, 3.8) is 0 Å². The summed E-state index contributed by atoms with van der Waals surface area (Å²) in [6.45, 7) is 16.1. The summed E-state index contributed by atoms with van der Waals surface area (Å²) in [4.78, 5) is 75.1. The summed E-state index contributed by atoms with van der Waals surface area (Å²) in [6.07, 6.45) is 1.71. The first-order valence-corrected chi connectivity index (χ1v) is 20.8. The lowest BCUT2D eigenvalue weighted by atomic mass is 9.89. The van der Waals surface area contributed by atoms with Gasteiger partial charge < -0.3 is 29.5 Å². The van der Waals surface area contributed by atoms with Crippen LogP contribution < -0.4 is 5.32 Å². The van der Waals surface area contributed by atoms with Crippen molar-refractivity contribution >= 4 is 29.4 Å². The quantitative estimate of drug-likeness (QED) is 0.121. The van der Waals surface area contributed by atoms with Gasteiger partial charge in [-0.2, -0.15) is 5.26 Å². The number of ether oxygens (including phenoxy) is 2. The zero-order valence-corrected chi connectivity index (χ0v) is 37.0. The van der Waals surface area contributed by atoms with Crippen LogP contribution in [0.3, 0.4) is 0 Å². The van der Waals surface area contributed by atoms with Crippen molar-refractivity contribution in [3.8, 4) is 6.07 Å². The van der Waals surface area contributed by atoms with Gasteiger partial charge in [0, 0.05) is 46.3 Å². The molecule has 0 spiro atoms. The first-order chi connectivity index (χ1) is 26.9. The number of carbonyl (C=O) groups is 5. The van der Waals surface area contributed by atoms with Gasteiger partial charge in [-0.3, -0.25) is 28.9 Å². The van der Waals surface area contributed by atoms with Crippen LogP contribution in [0.5, 0.6) is 0 Å². The highest BCUT2D eigenvalue weighted by Gasteiger charge is 2.43. The molecule has 1 aliphatic rings. The molecule has 13 heteroatoms. The number of ketones is 1. The first-order valence-electron chi connectivity index (χ1n) is 20.8. The van der Waals surface area contributed by atoms with Crippen molar-refractivity contribution in [1.29, 1.82) is 5.26 Å². The van der Waals surface area contributed by atoms with Gasteiger partial charge in [0.2, 0.25) is 23.6 Å². The minimum Gasteiger partial charge on any atom is -0.379 e. The van der Waals surface area contributed by atoms with E-state index in [0.29, 0.717) is 31.4 Å². The molecule has 0 saturated carbocycles. The van der Waals surface area contributed by atoms with Crippen LogP contribution in [0.25, 0.3) is 0 Å². The van der Waals surface area contributed by atoms with Gasteiger partial charge in [-0.15, -0.1) is 0 Å². The normalized spacial score (nSPS) is 18.0. The SMILES string of the molecule is CCC(=O)c1cccc(CCN(CC#N)C(=O)[C@H](C)[C@@H](OC)[C@@H]2CCCN2C(=O)C[C@@H](OC)[C@H]([C@@H](C)CC)N(C)C(=O)[C@@H](NC(=O)[C@H](C(C)C)N(C)C)C(C)C)c1. The summed E-state index contributed by atoms with van der Waals surface area (Å²) >= 11 is 0. The van der Waals surface area contributed by atoms with Gasteiger partial charge >= 0.3 is 0 Å². The molecular formula is C44H72N6O7. The fraction of sp³-hybridized carbons (Fsp3) is 0.727. The van der Waals surface area contributed by atoms with Crippen LogP contribution in [0.1, 0.15) is 103 Å². The Bertz CT molecular complexity index is 1520. The maximum absolute atomic E-state index is 14.3. The van der Waals surface area contributed by atoms with Gasteiger partial charge in [0.1, 0.15) is 12.6 Å². The molecule has 1 fully saturated rings. The maximum atomic E-state index is 14.3. The molecular weight excluding hydrogens is 725 g/mol. The first kappa shape index (κ1) is 49.3. The lowest BCUT2D eigenvalue weighted by Gasteiger charge is -2.41. The minimum atomic E-state index is -0.774. The Morgan fingerprint density at radius 1 is 0.965 bits per heavy atom. The predicted octanol–water partition coefficient (Wildman–Crippen LogP) is 4.82. The lowest BCUT2D eigenvalue weighted by Crippen LogP contribution is -2.59. The number of hydrogen-bond acceptors (Lipinski definition) is 9. The van der Waals surface area contributed by atoms with E-state index < -0.39 is 36.3 Å². The van der Waals surface area contributed by atoms with Crippen molar-refractivity contribution in [2.75, 3.05) is 55.0 Å². The van der Waals surface area contributed by atoms with E-state index in [9.17, 15) is 29.2 Å². The molecule has 4 amide bonds. The van der Waals surface area contributed by atoms with Crippen LogP contribution in [0.15, 0.2) is 24.3 Å². The number of Topliss-reactive ketones (excluding diaryl/α,β-unsaturated/α-hetero) is 1. The highest BCUT2D eigenvalue weighted by Crippen LogP contribution is 2.30. The fourth-order valence-corrected chi connectivity index (χ4v) is 8.41. The second-order valence-electron chi connectivity index (χ2n) is 16.6. The molecule has 1 aromatic rings. The molecule has 0 bridgehead atoms. The number of hydrogen-bond donors (Lipinski definition) is 1. The molecule has 1 aromatic carbocycles. The lowest BCUT2D eigenvalue weighted by molar-refractivity contribution is -0.149. The summed E-state index contributed by atoms with van der Waals surface area (Å²) < 4.78 is 12.0. The van der Waals surface area contributed by atoms with Crippen molar-refractivity contribution < 1.29 is 33.4 Å². The molecule has 320 valence electrons. The van der Waals surface area contributed by atoms with Gasteiger partial charge in [0.15, 0.2) is 5.78 Å². The average Bonchev–Trinajstić information content (AvgIpc) is 3.66. The number of carbonyl (C=O) groups excluding carboxylic acids is 5. The van der Waals surface area contributed by atoms with Crippen molar-refractivity contribution in [3.05, 3.63) is 35.4 Å². The Morgan fingerprint density at radius 2 is 1.63 bits per heavy atom. The summed E-state index contributed by atoms with van der Waals surface area (Å²) in [5.74, 6) is -1.65. The van der Waals surface area contributed by atoms with E-state index >= 15 is 0 Å². The van der Waals surface area contributed by atoms with Gasteiger partial charge in [-0.05, 0) is 62.7 Å². The number of nitrogens with one attached hydrogen (secondary N) is 1. The number of rotatable bonds is 23. The molecule has 57 heavy (non-hydrogen) atoms. The molecule has 1 saturated heterocycles.